The highest BCUT2D eigenvalue weighted by Gasteiger charge is 2.21. The molecule has 0 fully saturated rings. The van der Waals surface area contributed by atoms with Crippen LogP contribution in [-0.4, -0.2) is 56.7 Å². The van der Waals surface area contributed by atoms with Crippen molar-refractivity contribution in [1.29, 1.82) is 0 Å². The normalized spacial score (nSPS) is 11.3. The highest BCUT2D eigenvalue weighted by molar-refractivity contribution is 7.89. The summed E-state index contributed by atoms with van der Waals surface area (Å²) in [5.74, 6) is -1.09. The van der Waals surface area contributed by atoms with Crippen molar-refractivity contribution >= 4 is 21.9 Å². The van der Waals surface area contributed by atoms with E-state index in [1.165, 1.54) is 38.4 Å². The molecular formula is C26H28N2O5S. The number of amides is 1. The van der Waals surface area contributed by atoms with Gasteiger partial charge in [-0.25, -0.2) is 17.5 Å². The van der Waals surface area contributed by atoms with E-state index in [-0.39, 0.29) is 16.4 Å². The first-order chi connectivity index (χ1) is 16.3. The molecule has 0 radical (unpaired) electrons. The Hall–Kier alpha value is -3.49. The third-order valence-electron chi connectivity index (χ3n) is 5.26. The lowest BCUT2D eigenvalue weighted by atomic mass is 10.1. The SMILES string of the molecule is CN(C)S(=O)(=O)c1cccc(C(=O)OCC(=O)N(CCc2ccccc2)Cc2ccccc2)c1. The van der Waals surface area contributed by atoms with Gasteiger partial charge in [-0.1, -0.05) is 66.7 Å². The number of esters is 1. The van der Waals surface area contributed by atoms with Crippen LogP contribution in [0, 0.1) is 0 Å². The van der Waals surface area contributed by atoms with Gasteiger partial charge in [-0.15, -0.1) is 0 Å². The van der Waals surface area contributed by atoms with E-state index >= 15 is 0 Å². The summed E-state index contributed by atoms with van der Waals surface area (Å²) in [7, 11) is -0.871. The Morgan fingerprint density at radius 2 is 1.44 bits per heavy atom. The quantitative estimate of drug-likeness (QED) is 0.416. The van der Waals surface area contributed by atoms with Crippen molar-refractivity contribution < 1.29 is 22.7 Å². The topological polar surface area (TPSA) is 84.0 Å². The first-order valence-corrected chi connectivity index (χ1v) is 12.3. The zero-order valence-electron chi connectivity index (χ0n) is 19.3. The maximum atomic E-state index is 13.0. The molecule has 0 saturated carbocycles. The summed E-state index contributed by atoms with van der Waals surface area (Å²) in [6.07, 6.45) is 0.664. The summed E-state index contributed by atoms with van der Waals surface area (Å²) < 4.78 is 31.0. The number of sulfonamides is 1. The van der Waals surface area contributed by atoms with Gasteiger partial charge in [-0.05, 0) is 35.7 Å². The van der Waals surface area contributed by atoms with Crippen molar-refractivity contribution in [3.8, 4) is 0 Å². The minimum absolute atomic E-state index is 0.0214. The average molecular weight is 481 g/mol. The fourth-order valence-electron chi connectivity index (χ4n) is 3.30. The summed E-state index contributed by atoms with van der Waals surface area (Å²) in [4.78, 5) is 27.2. The fraction of sp³-hybridized carbons (Fsp3) is 0.231. The predicted octanol–water partition coefficient (Wildman–Crippen LogP) is 3.37. The summed E-state index contributed by atoms with van der Waals surface area (Å²) in [6.45, 7) is 0.414. The zero-order valence-corrected chi connectivity index (χ0v) is 20.1. The van der Waals surface area contributed by atoms with Crippen molar-refractivity contribution in [1.82, 2.24) is 9.21 Å². The molecule has 0 aliphatic carbocycles. The fourth-order valence-corrected chi connectivity index (χ4v) is 4.25. The molecule has 0 atom stereocenters. The van der Waals surface area contributed by atoms with E-state index in [9.17, 15) is 18.0 Å². The van der Waals surface area contributed by atoms with E-state index in [4.69, 9.17) is 4.74 Å². The molecule has 0 aliphatic rings. The summed E-state index contributed by atoms with van der Waals surface area (Å²) >= 11 is 0. The van der Waals surface area contributed by atoms with E-state index in [1.807, 2.05) is 60.7 Å². The molecule has 34 heavy (non-hydrogen) atoms. The lowest BCUT2D eigenvalue weighted by Gasteiger charge is -2.23. The number of nitrogens with zero attached hydrogens (tertiary/aromatic N) is 2. The van der Waals surface area contributed by atoms with Gasteiger partial charge in [0.2, 0.25) is 10.0 Å². The molecule has 7 nitrogen and oxygen atoms in total. The number of benzene rings is 3. The van der Waals surface area contributed by atoms with Crippen molar-refractivity contribution in [2.24, 2.45) is 0 Å². The molecular weight excluding hydrogens is 452 g/mol. The van der Waals surface area contributed by atoms with Crippen molar-refractivity contribution in [3.05, 3.63) is 102 Å². The number of ether oxygens (including phenoxy) is 1. The number of carbonyl (C=O) groups is 2. The molecule has 0 heterocycles. The highest BCUT2D eigenvalue weighted by Crippen LogP contribution is 2.16. The van der Waals surface area contributed by atoms with Crippen LogP contribution in [0.5, 0.6) is 0 Å². The van der Waals surface area contributed by atoms with Crippen molar-refractivity contribution in [3.63, 3.8) is 0 Å². The van der Waals surface area contributed by atoms with Gasteiger partial charge in [0.1, 0.15) is 0 Å². The summed E-state index contributed by atoms with van der Waals surface area (Å²) in [5, 5.41) is 0. The first kappa shape index (κ1) is 25.1. The third-order valence-corrected chi connectivity index (χ3v) is 7.07. The van der Waals surface area contributed by atoms with Crippen LogP contribution in [0.4, 0.5) is 0 Å². The minimum Gasteiger partial charge on any atom is -0.452 e. The van der Waals surface area contributed by atoms with Gasteiger partial charge in [0.25, 0.3) is 5.91 Å². The molecule has 178 valence electrons. The van der Waals surface area contributed by atoms with E-state index in [2.05, 4.69) is 0 Å². The second-order valence-electron chi connectivity index (χ2n) is 7.93. The lowest BCUT2D eigenvalue weighted by molar-refractivity contribution is -0.135. The first-order valence-electron chi connectivity index (χ1n) is 10.8. The third kappa shape index (κ3) is 6.76. The molecule has 0 N–H and O–H groups in total. The average Bonchev–Trinajstić information content (AvgIpc) is 2.86. The maximum Gasteiger partial charge on any atom is 0.338 e. The number of hydrogen-bond acceptors (Lipinski definition) is 5. The monoisotopic (exact) mass is 480 g/mol. The molecule has 0 saturated heterocycles. The molecule has 0 aliphatic heterocycles. The van der Waals surface area contributed by atoms with Gasteiger partial charge in [0, 0.05) is 27.2 Å². The smallest absolute Gasteiger partial charge is 0.338 e. The van der Waals surface area contributed by atoms with Crippen LogP contribution in [0.2, 0.25) is 0 Å². The number of carbonyl (C=O) groups excluding carboxylic acids is 2. The van der Waals surface area contributed by atoms with E-state index < -0.39 is 22.6 Å². The lowest BCUT2D eigenvalue weighted by Crippen LogP contribution is -2.35. The van der Waals surface area contributed by atoms with Gasteiger partial charge < -0.3 is 9.64 Å². The van der Waals surface area contributed by atoms with Crippen LogP contribution < -0.4 is 0 Å². The number of rotatable bonds is 10. The molecule has 3 aromatic rings. The Labute approximate surface area is 200 Å². The maximum absolute atomic E-state index is 13.0. The molecule has 0 bridgehead atoms. The van der Waals surface area contributed by atoms with Crippen LogP contribution >= 0.6 is 0 Å². The standard InChI is InChI=1S/C26H28N2O5S/c1-27(2)34(31,32)24-15-9-14-23(18-24)26(30)33-20-25(29)28(19-22-12-7-4-8-13-22)17-16-21-10-5-3-6-11-21/h3-15,18H,16-17,19-20H2,1-2H3. The van der Waals surface area contributed by atoms with Crippen molar-refractivity contribution in [2.75, 3.05) is 27.2 Å². The number of hydrogen-bond donors (Lipinski definition) is 0. The van der Waals surface area contributed by atoms with Crippen LogP contribution in [-0.2, 0) is 32.5 Å². The molecule has 8 heteroatoms. The minimum atomic E-state index is -3.70. The van der Waals surface area contributed by atoms with E-state index in [0.29, 0.717) is 19.5 Å². The predicted molar refractivity (Wildman–Crippen MR) is 130 cm³/mol. The summed E-state index contributed by atoms with van der Waals surface area (Å²) in [6, 6.07) is 25.0. The van der Waals surface area contributed by atoms with Gasteiger partial charge in [-0.2, -0.15) is 0 Å². The Morgan fingerprint density at radius 3 is 2.06 bits per heavy atom. The summed E-state index contributed by atoms with van der Waals surface area (Å²) in [5.41, 5.74) is 2.13. The van der Waals surface area contributed by atoms with Crippen LogP contribution in [0.3, 0.4) is 0 Å². The Morgan fingerprint density at radius 1 is 0.824 bits per heavy atom. The molecule has 0 unspecified atom stereocenters. The molecule has 0 spiro atoms. The van der Waals surface area contributed by atoms with Crippen LogP contribution in [0.1, 0.15) is 21.5 Å². The largest absolute Gasteiger partial charge is 0.452 e. The van der Waals surface area contributed by atoms with Gasteiger partial charge in [0.05, 0.1) is 10.5 Å². The molecule has 1 amide bonds. The Kier molecular flexibility index (Phi) is 8.56. The second kappa shape index (κ2) is 11.6. The molecule has 0 aromatic heterocycles. The Balaban J connectivity index is 1.68. The molecule has 3 aromatic carbocycles. The van der Waals surface area contributed by atoms with Gasteiger partial charge in [0.15, 0.2) is 6.61 Å². The van der Waals surface area contributed by atoms with Crippen LogP contribution in [0.25, 0.3) is 0 Å². The van der Waals surface area contributed by atoms with Crippen LogP contribution in [0.15, 0.2) is 89.8 Å². The zero-order chi connectivity index (χ0) is 24.6. The Bertz CT molecular complexity index is 1210. The highest BCUT2D eigenvalue weighted by atomic mass is 32.2. The molecule has 3 rings (SSSR count). The van der Waals surface area contributed by atoms with E-state index in [0.717, 1.165) is 15.4 Å². The van der Waals surface area contributed by atoms with E-state index in [1.54, 1.807) is 4.90 Å². The van der Waals surface area contributed by atoms with Gasteiger partial charge >= 0.3 is 5.97 Å². The van der Waals surface area contributed by atoms with Crippen molar-refractivity contribution in [2.45, 2.75) is 17.9 Å². The van der Waals surface area contributed by atoms with Gasteiger partial charge in [-0.3, -0.25) is 4.79 Å². The second-order valence-corrected chi connectivity index (χ2v) is 10.1.